The maximum Gasteiger partial charge on any atom is 0.255 e. The van der Waals surface area contributed by atoms with Crippen molar-refractivity contribution in [3.05, 3.63) is 34.3 Å². The van der Waals surface area contributed by atoms with Gasteiger partial charge < -0.3 is 15.1 Å². The molecule has 1 aliphatic heterocycles. The maximum atomic E-state index is 12.1. The highest BCUT2D eigenvalue weighted by molar-refractivity contribution is 6.33. The minimum absolute atomic E-state index is 0.143. The van der Waals surface area contributed by atoms with Crippen LogP contribution in [-0.4, -0.2) is 46.3 Å². The molecule has 4 nitrogen and oxygen atoms in total. The summed E-state index contributed by atoms with van der Waals surface area (Å²) in [5.41, 5.74) is 1.38. The van der Waals surface area contributed by atoms with Gasteiger partial charge >= 0.3 is 0 Å². The third kappa shape index (κ3) is 2.44. The Bertz CT molecular complexity index is 439. The van der Waals surface area contributed by atoms with Gasteiger partial charge in [0.15, 0.2) is 0 Å². The number of hydrogen-bond donors (Lipinski definition) is 2. The van der Waals surface area contributed by atoms with Crippen molar-refractivity contribution in [2.24, 2.45) is 0 Å². The van der Waals surface area contributed by atoms with Crippen molar-refractivity contribution in [1.82, 2.24) is 4.90 Å². The molecule has 2 atom stereocenters. The fraction of sp³-hybridized carbons (Fsp3) is 0.417. The van der Waals surface area contributed by atoms with E-state index in [1.165, 1.54) is 4.90 Å². The average molecular weight is 256 g/mol. The molecule has 0 aromatic heterocycles. The van der Waals surface area contributed by atoms with E-state index in [0.717, 1.165) is 5.56 Å². The van der Waals surface area contributed by atoms with Crippen molar-refractivity contribution in [2.75, 3.05) is 13.1 Å². The van der Waals surface area contributed by atoms with Gasteiger partial charge in [0.05, 0.1) is 22.8 Å². The van der Waals surface area contributed by atoms with Crippen molar-refractivity contribution in [3.63, 3.8) is 0 Å². The molecule has 5 heteroatoms. The zero-order chi connectivity index (χ0) is 12.6. The van der Waals surface area contributed by atoms with Gasteiger partial charge in [0.1, 0.15) is 0 Å². The molecule has 0 unspecified atom stereocenters. The van der Waals surface area contributed by atoms with Gasteiger partial charge in [-0.2, -0.15) is 0 Å². The van der Waals surface area contributed by atoms with Gasteiger partial charge in [-0.1, -0.05) is 17.7 Å². The number of carbonyl (C=O) groups excluding carboxylic acids is 1. The van der Waals surface area contributed by atoms with Crippen LogP contribution in [0.3, 0.4) is 0 Å². The highest BCUT2D eigenvalue weighted by Gasteiger charge is 2.33. The molecule has 92 valence electrons. The van der Waals surface area contributed by atoms with Gasteiger partial charge in [-0.05, 0) is 24.6 Å². The van der Waals surface area contributed by atoms with E-state index in [2.05, 4.69) is 0 Å². The Balaban J connectivity index is 2.20. The number of amides is 1. The topological polar surface area (TPSA) is 60.8 Å². The second kappa shape index (κ2) is 4.64. The molecule has 1 heterocycles. The molecule has 0 spiro atoms. The third-order valence-electron chi connectivity index (χ3n) is 2.90. The predicted octanol–water partition coefficient (Wildman–Crippen LogP) is 0.826. The first-order chi connectivity index (χ1) is 7.99. The van der Waals surface area contributed by atoms with Crippen LogP contribution in [0.1, 0.15) is 15.9 Å². The van der Waals surface area contributed by atoms with Crippen molar-refractivity contribution < 1.29 is 15.0 Å². The van der Waals surface area contributed by atoms with Crippen LogP contribution < -0.4 is 0 Å². The minimum Gasteiger partial charge on any atom is -0.388 e. The number of aliphatic hydroxyl groups is 2. The summed E-state index contributed by atoms with van der Waals surface area (Å²) in [5.74, 6) is -0.259. The molecule has 1 aromatic rings. The number of nitrogens with zero attached hydrogens (tertiary/aromatic N) is 1. The minimum atomic E-state index is -0.872. The number of aliphatic hydroxyl groups excluding tert-OH is 2. The second-order valence-corrected chi connectivity index (χ2v) is 4.74. The van der Waals surface area contributed by atoms with Crippen molar-refractivity contribution in [2.45, 2.75) is 19.1 Å². The second-order valence-electron chi connectivity index (χ2n) is 4.33. The molecule has 17 heavy (non-hydrogen) atoms. The molecule has 1 aromatic carbocycles. The smallest absolute Gasteiger partial charge is 0.255 e. The van der Waals surface area contributed by atoms with Crippen LogP contribution in [0.15, 0.2) is 18.2 Å². The Hall–Kier alpha value is -1.10. The maximum absolute atomic E-state index is 12.1. The Labute approximate surface area is 104 Å². The lowest BCUT2D eigenvalue weighted by Crippen LogP contribution is -2.30. The molecule has 0 bridgehead atoms. The molecule has 1 fully saturated rings. The first kappa shape index (κ1) is 12.4. The van der Waals surface area contributed by atoms with E-state index in [-0.39, 0.29) is 19.0 Å². The van der Waals surface area contributed by atoms with Gasteiger partial charge in [-0.25, -0.2) is 0 Å². The van der Waals surface area contributed by atoms with E-state index >= 15 is 0 Å². The molecule has 2 rings (SSSR count). The average Bonchev–Trinajstić information content (AvgIpc) is 2.58. The molecule has 1 amide bonds. The van der Waals surface area contributed by atoms with E-state index in [4.69, 9.17) is 11.6 Å². The zero-order valence-electron chi connectivity index (χ0n) is 9.43. The van der Waals surface area contributed by atoms with Crippen molar-refractivity contribution in [3.8, 4) is 0 Å². The Kier molecular flexibility index (Phi) is 3.38. The summed E-state index contributed by atoms with van der Waals surface area (Å²) < 4.78 is 0. The van der Waals surface area contributed by atoms with Gasteiger partial charge in [-0.3, -0.25) is 4.79 Å². The first-order valence-corrected chi connectivity index (χ1v) is 5.78. The van der Waals surface area contributed by atoms with Crippen LogP contribution in [0.4, 0.5) is 0 Å². The summed E-state index contributed by atoms with van der Waals surface area (Å²) in [6, 6.07) is 5.19. The molecule has 1 aliphatic rings. The van der Waals surface area contributed by atoms with E-state index in [1.54, 1.807) is 12.1 Å². The van der Waals surface area contributed by atoms with Gasteiger partial charge in [0.25, 0.3) is 5.91 Å². The van der Waals surface area contributed by atoms with Gasteiger partial charge in [0, 0.05) is 13.1 Å². The van der Waals surface area contributed by atoms with Crippen LogP contribution in [0.2, 0.25) is 5.02 Å². The summed E-state index contributed by atoms with van der Waals surface area (Å²) in [6.07, 6.45) is -1.74. The van der Waals surface area contributed by atoms with Gasteiger partial charge in [0.2, 0.25) is 0 Å². The zero-order valence-corrected chi connectivity index (χ0v) is 10.2. The first-order valence-electron chi connectivity index (χ1n) is 5.40. The molecule has 0 aliphatic carbocycles. The summed E-state index contributed by atoms with van der Waals surface area (Å²) in [4.78, 5) is 13.5. The van der Waals surface area contributed by atoms with Crippen LogP contribution in [0.25, 0.3) is 0 Å². The van der Waals surface area contributed by atoms with Gasteiger partial charge in [-0.15, -0.1) is 0 Å². The van der Waals surface area contributed by atoms with E-state index in [0.29, 0.717) is 10.6 Å². The SMILES string of the molecule is Cc1ccc(C(=O)N2C[C@@H](O)[C@@H](O)C2)c(Cl)c1. The largest absolute Gasteiger partial charge is 0.388 e. The number of halogens is 1. The lowest BCUT2D eigenvalue weighted by Gasteiger charge is -2.16. The van der Waals surface area contributed by atoms with Crippen LogP contribution in [0.5, 0.6) is 0 Å². The number of hydrogen-bond acceptors (Lipinski definition) is 3. The van der Waals surface area contributed by atoms with E-state index < -0.39 is 12.2 Å². The van der Waals surface area contributed by atoms with Crippen molar-refractivity contribution in [1.29, 1.82) is 0 Å². The molecule has 2 N–H and O–H groups in total. The third-order valence-corrected chi connectivity index (χ3v) is 3.21. The summed E-state index contributed by atoms with van der Waals surface area (Å²) >= 11 is 6.00. The van der Waals surface area contributed by atoms with Crippen LogP contribution in [0, 0.1) is 6.92 Å². The highest BCUT2D eigenvalue weighted by Crippen LogP contribution is 2.21. The molecule has 0 radical (unpaired) electrons. The van der Waals surface area contributed by atoms with E-state index in [1.807, 2.05) is 13.0 Å². The predicted molar refractivity (Wildman–Crippen MR) is 64.1 cm³/mol. The summed E-state index contributed by atoms with van der Waals surface area (Å²) in [5, 5.41) is 19.2. The summed E-state index contributed by atoms with van der Waals surface area (Å²) in [6.45, 7) is 2.18. The Morgan fingerprint density at radius 2 is 1.94 bits per heavy atom. The number of carbonyl (C=O) groups is 1. The van der Waals surface area contributed by atoms with E-state index in [9.17, 15) is 15.0 Å². The molecule has 0 saturated carbocycles. The number of likely N-dealkylation sites (tertiary alicyclic amines) is 1. The van der Waals surface area contributed by atoms with Crippen molar-refractivity contribution >= 4 is 17.5 Å². The van der Waals surface area contributed by atoms with Crippen LogP contribution >= 0.6 is 11.6 Å². The standard InChI is InChI=1S/C12H14ClNO3/c1-7-2-3-8(9(13)4-7)12(17)14-5-10(15)11(16)6-14/h2-4,10-11,15-16H,5-6H2,1H3/t10-,11+. The number of aryl methyl sites for hydroxylation is 1. The fourth-order valence-electron chi connectivity index (χ4n) is 1.90. The summed E-state index contributed by atoms with van der Waals surface area (Å²) in [7, 11) is 0. The fourth-order valence-corrected chi connectivity index (χ4v) is 2.22. The monoisotopic (exact) mass is 255 g/mol. The Morgan fingerprint density at radius 3 is 2.47 bits per heavy atom. The lowest BCUT2D eigenvalue weighted by molar-refractivity contribution is 0.0572. The highest BCUT2D eigenvalue weighted by atomic mass is 35.5. The lowest BCUT2D eigenvalue weighted by atomic mass is 10.1. The Morgan fingerprint density at radius 1 is 1.35 bits per heavy atom. The molecular weight excluding hydrogens is 242 g/mol. The molecule has 1 saturated heterocycles. The number of benzene rings is 1. The number of rotatable bonds is 1. The van der Waals surface area contributed by atoms with Crippen LogP contribution in [-0.2, 0) is 0 Å². The quantitative estimate of drug-likeness (QED) is 0.781. The normalized spacial score (nSPS) is 24.1. The number of β-amino-alcohol motifs (C(OH)–C–C–N with tert-alkyl or cyclic N) is 2. The molecular formula is C12H14ClNO3.